The Morgan fingerprint density at radius 3 is 2.70 bits per heavy atom. The lowest BCUT2D eigenvalue weighted by Gasteiger charge is -2.30. The van der Waals surface area contributed by atoms with Crippen LogP contribution in [0.1, 0.15) is 38.2 Å². The molecule has 1 aliphatic rings. The molecule has 0 spiro atoms. The molecule has 1 aliphatic heterocycles. The fourth-order valence-electron chi connectivity index (χ4n) is 3.55. The minimum atomic E-state index is 0.686. The quantitative estimate of drug-likeness (QED) is 0.394. The third-order valence-corrected chi connectivity index (χ3v) is 5.07. The van der Waals surface area contributed by atoms with Gasteiger partial charge in [-0.25, -0.2) is 0 Å². The van der Waals surface area contributed by atoms with E-state index in [0.717, 1.165) is 41.9 Å². The second-order valence-corrected chi connectivity index (χ2v) is 7.30. The number of aliphatic imine (C=N–C) groups is 1. The molecule has 1 heterocycles. The number of nitrogens with zero attached hydrogens (tertiary/aromatic N) is 2. The number of likely N-dealkylation sites (tertiary alicyclic amines) is 1. The first-order valence-corrected chi connectivity index (χ1v) is 10.0. The maximum atomic E-state index is 5.36. The molecule has 0 radical (unpaired) electrons. The summed E-state index contributed by atoms with van der Waals surface area (Å²) in [6.07, 6.45) is 5.13. The molecule has 1 atom stereocenters. The average Bonchev–Trinajstić information content (AvgIpc) is 2.69. The van der Waals surface area contributed by atoms with Gasteiger partial charge in [0.25, 0.3) is 0 Å². The average molecular weight is 377 g/mol. The van der Waals surface area contributed by atoms with E-state index in [9.17, 15) is 0 Å². The standard InChI is InChI=1S/C21H36N4O2/c1-17-8-7-13-25(16-17)12-6-5-11-23-21(22-2)24-15-18-9-10-19(26-3)20(14-18)27-4/h9-10,14,17H,5-8,11-13,15-16H2,1-4H3,(H2,22,23,24). The van der Waals surface area contributed by atoms with Crippen LogP contribution in [-0.2, 0) is 6.54 Å². The van der Waals surface area contributed by atoms with E-state index in [-0.39, 0.29) is 0 Å². The molecule has 1 fully saturated rings. The number of hydrogen-bond donors (Lipinski definition) is 2. The molecular weight excluding hydrogens is 340 g/mol. The number of rotatable bonds is 9. The highest BCUT2D eigenvalue weighted by atomic mass is 16.5. The van der Waals surface area contributed by atoms with Crippen LogP contribution in [0, 0.1) is 5.92 Å². The molecule has 1 unspecified atom stereocenters. The fourth-order valence-corrected chi connectivity index (χ4v) is 3.55. The highest BCUT2D eigenvalue weighted by Gasteiger charge is 2.15. The fraction of sp³-hybridized carbons (Fsp3) is 0.667. The lowest BCUT2D eigenvalue weighted by molar-refractivity contribution is 0.181. The summed E-state index contributed by atoms with van der Waals surface area (Å²) in [4.78, 5) is 6.91. The molecule has 27 heavy (non-hydrogen) atoms. The summed E-state index contributed by atoms with van der Waals surface area (Å²) in [5.41, 5.74) is 1.12. The van der Waals surface area contributed by atoms with E-state index in [1.165, 1.54) is 38.9 Å². The van der Waals surface area contributed by atoms with Gasteiger partial charge in [-0.3, -0.25) is 4.99 Å². The summed E-state index contributed by atoms with van der Waals surface area (Å²) in [5.74, 6) is 3.17. The monoisotopic (exact) mass is 376 g/mol. The van der Waals surface area contributed by atoms with Crippen molar-refractivity contribution in [3.8, 4) is 11.5 Å². The predicted octanol–water partition coefficient (Wildman–Crippen LogP) is 2.88. The molecule has 2 rings (SSSR count). The highest BCUT2D eigenvalue weighted by Crippen LogP contribution is 2.27. The summed E-state index contributed by atoms with van der Waals surface area (Å²) in [7, 11) is 5.10. The van der Waals surface area contributed by atoms with Crippen molar-refractivity contribution in [3.63, 3.8) is 0 Å². The topological polar surface area (TPSA) is 58.1 Å². The van der Waals surface area contributed by atoms with Crippen molar-refractivity contribution in [1.82, 2.24) is 15.5 Å². The van der Waals surface area contributed by atoms with Crippen LogP contribution in [0.5, 0.6) is 11.5 Å². The normalized spacial score (nSPS) is 18.2. The number of nitrogens with one attached hydrogen (secondary N) is 2. The Hall–Kier alpha value is -1.95. The van der Waals surface area contributed by atoms with Crippen molar-refractivity contribution < 1.29 is 9.47 Å². The molecule has 1 aromatic rings. The van der Waals surface area contributed by atoms with Gasteiger partial charge in [-0.15, -0.1) is 0 Å². The van der Waals surface area contributed by atoms with Gasteiger partial charge < -0.3 is 25.0 Å². The highest BCUT2D eigenvalue weighted by molar-refractivity contribution is 5.79. The number of guanidine groups is 1. The Morgan fingerprint density at radius 1 is 1.19 bits per heavy atom. The van der Waals surface area contributed by atoms with E-state index in [2.05, 4.69) is 27.4 Å². The maximum Gasteiger partial charge on any atom is 0.191 e. The van der Waals surface area contributed by atoms with Crippen LogP contribution >= 0.6 is 0 Å². The van der Waals surface area contributed by atoms with Crippen molar-refractivity contribution in [2.24, 2.45) is 10.9 Å². The van der Waals surface area contributed by atoms with Gasteiger partial charge in [0.05, 0.1) is 14.2 Å². The SMILES string of the molecule is CN=C(NCCCCN1CCCC(C)C1)NCc1ccc(OC)c(OC)c1. The maximum absolute atomic E-state index is 5.36. The molecule has 1 aromatic carbocycles. The summed E-state index contributed by atoms with van der Waals surface area (Å²) in [6, 6.07) is 5.94. The minimum absolute atomic E-state index is 0.686. The molecule has 0 aromatic heterocycles. The molecule has 152 valence electrons. The van der Waals surface area contributed by atoms with E-state index in [0.29, 0.717) is 6.54 Å². The molecule has 0 saturated carbocycles. The van der Waals surface area contributed by atoms with Gasteiger partial charge in [-0.2, -0.15) is 0 Å². The zero-order valence-electron chi connectivity index (χ0n) is 17.4. The van der Waals surface area contributed by atoms with Crippen molar-refractivity contribution in [3.05, 3.63) is 23.8 Å². The Bertz CT molecular complexity index is 592. The Balaban J connectivity index is 1.65. The first kappa shape index (κ1) is 21.4. The number of unbranched alkanes of at least 4 members (excludes halogenated alkanes) is 1. The third-order valence-electron chi connectivity index (χ3n) is 5.07. The van der Waals surface area contributed by atoms with Crippen LogP contribution in [0.4, 0.5) is 0 Å². The van der Waals surface area contributed by atoms with Crippen molar-refractivity contribution in [1.29, 1.82) is 0 Å². The number of benzene rings is 1. The van der Waals surface area contributed by atoms with Crippen LogP contribution < -0.4 is 20.1 Å². The number of piperidine rings is 1. The lowest BCUT2D eigenvalue weighted by Crippen LogP contribution is -2.38. The van der Waals surface area contributed by atoms with E-state index in [1.54, 1.807) is 21.3 Å². The van der Waals surface area contributed by atoms with Crippen molar-refractivity contribution in [2.75, 3.05) is 47.4 Å². The first-order valence-electron chi connectivity index (χ1n) is 10.0. The molecule has 1 saturated heterocycles. The zero-order chi connectivity index (χ0) is 19.5. The molecular formula is C21H36N4O2. The van der Waals surface area contributed by atoms with E-state index in [1.807, 2.05) is 18.2 Å². The van der Waals surface area contributed by atoms with Gasteiger partial charge >= 0.3 is 0 Å². The minimum Gasteiger partial charge on any atom is -0.493 e. The summed E-state index contributed by atoms with van der Waals surface area (Å²) < 4.78 is 10.6. The van der Waals surface area contributed by atoms with Gasteiger partial charge in [0.2, 0.25) is 0 Å². The van der Waals surface area contributed by atoms with E-state index < -0.39 is 0 Å². The molecule has 0 aliphatic carbocycles. The smallest absolute Gasteiger partial charge is 0.191 e. The summed E-state index contributed by atoms with van der Waals surface area (Å²) >= 11 is 0. The first-order chi connectivity index (χ1) is 13.2. The molecule has 0 amide bonds. The van der Waals surface area contributed by atoms with Gasteiger partial charge in [-0.1, -0.05) is 13.0 Å². The van der Waals surface area contributed by atoms with Gasteiger partial charge in [-0.05, 0) is 62.4 Å². The van der Waals surface area contributed by atoms with Crippen LogP contribution in [0.3, 0.4) is 0 Å². The molecule has 0 bridgehead atoms. The largest absolute Gasteiger partial charge is 0.493 e. The Labute approximate surface area is 164 Å². The van der Waals surface area contributed by atoms with Crippen LogP contribution in [0.2, 0.25) is 0 Å². The van der Waals surface area contributed by atoms with Crippen LogP contribution in [0.15, 0.2) is 23.2 Å². The number of hydrogen-bond acceptors (Lipinski definition) is 4. The molecule has 6 heteroatoms. The molecule has 6 nitrogen and oxygen atoms in total. The Morgan fingerprint density at radius 2 is 2.00 bits per heavy atom. The van der Waals surface area contributed by atoms with E-state index >= 15 is 0 Å². The Kier molecular flexibility index (Phi) is 9.25. The second-order valence-electron chi connectivity index (χ2n) is 7.30. The van der Waals surface area contributed by atoms with Gasteiger partial charge in [0.15, 0.2) is 17.5 Å². The van der Waals surface area contributed by atoms with Gasteiger partial charge in [0.1, 0.15) is 0 Å². The lowest BCUT2D eigenvalue weighted by atomic mass is 10.0. The molecule has 2 N–H and O–H groups in total. The van der Waals surface area contributed by atoms with Crippen molar-refractivity contribution >= 4 is 5.96 Å². The zero-order valence-corrected chi connectivity index (χ0v) is 17.4. The van der Waals surface area contributed by atoms with Crippen LogP contribution in [0.25, 0.3) is 0 Å². The van der Waals surface area contributed by atoms with Crippen LogP contribution in [-0.4, -0.2) is 58.3 Å². The van der Waals surface area contributed by atoms with Crippen molar-refractivity contribution in [2.45, 2.75) is 39.2 Å². The third kappa shape index (κ3) is 7.29. The second kappa shape index (κ2) is 11.7. The summed E-state index contributed by atoms with van der Waals surface area (Å²) in [5, 5.41) is 6.75. The number of methoxy groups -OCH3 is 2. The van der Waals surface area contributed by atoms with E-state index in [4.69, 9.17) is 9.47 Å². The number of ether oxygens (including phenoxy) is 2. The predicted molar refractivity (Wildman–Crippen MR) is 112 cm³/mol. The summed E-state index contributed by atoms with van der Waals surface area (Å²) in [6.45, 7) is 7.74. The van der Waals surface area contributed by atoms with Gasteiger partial charge in [0, 0.05) is 26.7 Å².